The Morgan fingerprint density at radius 2 is 1.94 bits per heavy atom. The van der Waals surface area contributed by atoms with E-state index in [-0.39, 0.29) is 5.82 Å². The third-order valence-corrected chi connectivity index (χ3v) is 3.14. The second-order valence-electron chi connectivity index (χ2n) is 4.53. The molecule has 1 aromatic rings. The number of piperazine rings is 1. The topological polar surface area (TPSA) is 45.4 Å². The van der Waals surface area contributed by atoms with Crippen LogP contribution in [0.2, 0.25) is 0 Å². The molecule has 98 valence electrons. The van der Waals surface area contributed by atoms with Crippen molar-refractivity contribution in [3.05, 3.63) is 29.8 Å². The lowest BCUT2D eigenvalue weighted by molar-refractivity contribution is 0.140. The van der Waals surface area contributed by atoms with E-state index >= 15 is 0 Å². The largest absolute Gasteiger partial charge is 0.392 e. The zero-order chi connectivity index (χ0) is 13.0. The van der Waals surface area contributed by atoms with Gasteiger partial charge in [0.1, 0.15) is 5.82 Å². The van der Waals surface area contributed by atoms with E-state index in [4.69, 9.17) is 18.0 Å². The highest BCUT2D eigenvalue weighted by Crippen LogP contribution is 2.08. The lowest BCUT2D eigenvalue weighted by atomic mass is 10.2. The molecule has 1 saturated heterocycles. The molecule has 4 nitrogen and oxygen atoms in total. The van der Waals surface area contributed by atoms with Crippen LogP contribution in [0.4, 0.5) is 4.39 Å². The van der Waals surface area contributed by atoms with E-state index in [1.807, 2.05) is 0 Å². The van der Waals surface area contributed by atoms with Crippen molar-refractivity contribution in [2.45, 2.75) is 6.54 Å². The molecule has 0 bridgehead atoms. The zero-order valence-corrected chi connectivity index (χ0v) is 11.0. The van der Waals surface area contributed by atoms with Gasteiger partial charge in [0.05, 0.1) is 11.2 Å². The first-order valence-corrected chi connectivity index (χ1v) is 6.37. The Bertz CT molecular complexity index is 418. The standard InChI is InChI=1S/C12H17FN4S/c13-11-5-10(6-15-7-11)8-16-1-3-17(4-2-16)9-12(14)18/h5-7H,1-4,8-9H2,(H2,14,18). The molecule has 1 aliphatic rings. The molecular formula is C12H17FN4S. The number of hydrogen-bond donors (Lipinski definition) is 1. The van der Waals surface area contributed by atoms with Crippen molar-refractivity contribution in [3.8, 4) is 0 Å². The number of nitrogens with zero attached hydrogens (tertiary/aromatic N) is 3. The third kappa shape index (κ3) is 3.97. The van der Waals surface area contributed by atoms with Crippen LogP contribution in [0.3, 0.4) is 0 Å². The number of rotatable bonds is 4. The minimum atomic E-state index is -0.278. The van der Waals surface area contributed by atoms with Crippen LogP contribution in [0, 0.1) is 5.82 Å². The highest BCUT2D eigenvalue weighted by atomic mass is 32.1. The molecule has 18 heavy (non-hydrogen) atoms. The summed E-state index contributed by atoms with van der Waals surface area (Å²) >= 11 is 4.90. The van der Waals surface area contributed by atoms with Gasteiger partial charge in [-0.3, -0.25) is 14.8 Å². The Labute approximate surface area is 112 Å². The number of thiocarbonyl (C=S) groups is 1. The monoisotopic (exact) mass is 268 g/mol. The van der Waals surface area contributed by atoms with E-state index in [1.54, 1.807) is 6.20 Å². The number of halogens is 1. The van der Waals surface area contributed by atoms with E-state index in [0.29, 0.717) is 11.5 Å². The number of hydrogen-bond acceptors (Lipinski definition) is 4. The summed E-state index contributed by atoms with van der Waals surface area (Å²) in [7, 11) is 0. The summed E-state index contributed by atoms with van der Waals surface area (Å²) in [6, 6.07) is 1.54. The van der Waals surface area contributed by atoms with Crippen molar-refractivity contribution in [2.75, 3.05) is 32.7 Å². The summed E-state index contributed by atoms with van der Waals surface area (Å²) in [4.78, 5) is 8.92. The quantitative estimate of drug-likeness (QED) is 0.811. The van der Waals surface area contributed by atoms with E-state index < -0.39 is 0 Å². The van der Waals surface area contributed by atoms with Crippen LogP contribution in [0.25, 0.3) is 0 Å². The lowest BCUT2D eigenvalue weighted by Gasteiger charge is -2.34. The van der Waals surface area contributed by atoms with Gasteiger partial charge in [0.15, 0.2) is 0 Å². The number of aromatic nitrogens is 1. The summed E-state index contributed by atoms with van der Waals surface area (Å²) in [6.07, 6.45) is 2.94. The molecule has 0 aliphatic carbocycles. The maximum Gasteiger partial charge on any atom is 0.141 e. The molecule has 2 heterocycles. The molecule has 2 N–H and O–H groups in total. The maximum absolute atomic E-state index is 13.0. The van der Waals surface area contributed by atoms with Crippen molar-refractivity contribution < 1.29 is 4.39 Å². The SMILES string of the molecule is NC(=S)CN1CCN(Cc2cncc(F)c2)CC1. The van der Waals surface area contributed by atoms with Crippen LogP contribution < -0.4 is 5.73 Å². The molecule has 0 unspecified atom stereocenters. The first kappa shape index (κ1) is 13.3. The molecule has 1 aromatic heterocycles. The molecule has 6 heteroatoms. The van der Waals surface area contributed by atoms with Gasteiger partial charge in [-0.15, -0.1) is 0 Å². The van der Waals surface area contributed by atoms with Gasteiger partial charge in [-0.05, 0) is 11.6 Å². The zero-order valence-electron chi connectivity index (χ0n) is 10.2. The summed E-state index contributed by atoms with van der Waals surface area (Å²) in [6.45, 7) is 5.20. The highest BCUT2D eigenvalue weighted by Gasteiger charge is 2.17. The molecule has 1 fully saturated rings. The molecule has 0 aromatic carbocycles. The molecule has 0 amide bonds. The van der Waals surface area contributed by atoms with Gasteiger partial charge < -0.3 is 5.73 Å². The molecule has 0 radical (unpaired) electrons. The average molecular weight is 268 g/mol. The van der Waals surface area contributed by atoms with Gasteiger partial charge >= 0.3 is 0 Å². The van der Waals surface area contributed by atoms with E-state index in [9.17, 15) is 4.39 Å². The van der Waals surface area contributed by atoms with E-state index in [0.717, 1.165) is 38.3 Å². The van der Waals surface area contributed by atoms with Gasteiger partial charge in [0.25, 0.3) is 0 Å². The minimum Gasteiger partial charge on any atom is -0.392 e. The molecule has 0 saturated carbocycles. The summed E-state index contributed by atoms with van der Waals surface area (Å²) in [5.74, 6) is -0.278. The normalized spacial score (nSPS) is 17.8. The van der Waals surface area contributed by atoms with Crippen LogP contribution >= 0.6 is 12.2 Å². The predicted octanol–water partition coefficient (Wildman–Crippen LogP) is 0.624. The fourth-order valence-electron chi connectivity index (χ4n) is 2.13. The molecule has 1 aliphatic heterocycles. The number of pyridine rings is 1. The van der Waals surface area contributed by atoms with Crippen molar-refractivity contribution in [3.63, 3.8) is 0 Å². The van der Waals surface area contributed by atoms with Gasteiger partial charge in [0.2, 0.25) is 0 Å². The Morgan fingerprint density at radius 1 is 1.28 bits per heavy atom. The Kier molecular flexibility index (Phi) is 4.57. The maximum atomic E-state index is 13.0. The Morgan fingerprint density at radius 3 is 2.56 bits per heavy atom. The predicted molar refractivity (Wildman–Crippen MR) is 72.7 cm³/mol. The summed E-state index contributed by atoms with van der Waals surface area (Å²) < 4.78 is 13.0. The second kappa shape index (κ2) is 6.17. The molecule has 2 rings (SSSR count). The van der Waals surface area contributed by atoms with Gasteiger partial charge in [-0.1, -0.05) is 12.2 Å². The third-order valence-electron chi connectivity index (χ3n) is 3.01. The van der Waals surface area contributed by atoms with Crippen LogP contribution in [0.5, 0.6) is 0 Å². The lowest BCUT2D eigenvalue weighted by Crippen LogP contribution is -2.48. The molecule has 0 atom stereocenters. The van der Waals surface area contributed by atoms with Gasteiger partial charge in [-0.2, -0.15) is 0 Å². The highest BCUT2D eigenvalue weighted by molar-refractivity contribution is 7.80. The first-order chi connectivity index (χ1) is 8.63. The summed E-state index contributed by atoms with van der Waals surface area (Å²) in [5, 5.41) is 0. The first-order valence-electron chi connectivity index (χ1n) is 5.96. The fraction of sp³-hybridized carbons (Fsp3) is 0.500. The molecule has 0 spiro atoms. The molecular weight excluding hydrogens is 251 g/mol. The van der Waals surface area contributed by atoms with Gasteiger partial charge in [0, 0.05) is 45.5 Å². The van der Waals surface area contributed by atoms with E-state index in [1.165, 1.54) is 12.3 Å². The fourth-order valence-corrected chi connectivity index (χ4v) is 2.31. The van der Waals surface area contributed by atoms with Crippen molar-refractivity contribution in [2.24, 2.45) is 5.73 Å². The minimum absolute atomic E-state index is 0.278. The Balaban J connectivity index is 1.81. The van der Waals surface area contributed by atoms with Crippen molar-refractivity contribution in [1.82, 2.24) is 14.8 Å². The second-order valence-corrected chi connectivity index (χ2v) is 5.05. The van der Waals surface area contributed by atoms with Crippen molar-refractivity contribution in [1.29, 1.82) is 0 Å². The van der Waals surface area contributed by atoms with Gasteiger partial charge in [-0.25, -0.2) is 4.39 Å². The average Bonchev–Trinajstić information content (AvgIpc) is 2.31. The van der Waals surface area contributed by atoms with Crippen LogP contribution in [0.15, 0.2) is 18.5 Å². The smallest absolute Gasteiger partial charge is 0.141 e. The van der Waals surface area contributed by atoms with E-state index in [2.05, 4.69) is 14.8 Å². The Hall–Kier alpha value is -1.11. The van der Waals surface area contributed by atoms with Crippen molar-refractivity contribution >= 4 is 17.2 Å². The summed E-state index contributed by atoms with van der Waals surface area (Å²) in [5.41, 5.74) is 6.44. The van der Waals surface area contributed by atoms with Crippen LogP contribution in [-0.4, -0.2) is 52.5 Å². The number of nitrogens with two attached hydrogens (primary N) is 1. The van der Waals surface area contributed by atoms with Crippen LogP contribution in [-0.2, 0) is 6.54 Å². The van der Waals surface area contributed by atoms with Crippen LogP contribution in [0.1, 0.15) is 5.56 Å².